The first-order chi connectivity index (χ1) is 9.59. The SMILES string of the molecule is Nc1cc(C(F)(F)F)cnc1-c1ccc(C(F)(F)F)nc1. The number of alkyl halides is 6. The van der Waals surface area contributed by atoms with E-state index in [1.54, 1.807) is 0 Å². The lowest BCUT2D eigenvalue weighted by Gasteiger charge is -2.10. The fourth-order valence-corrected chi connectivity index (χ4v) is 1.58. The maximum Gasteiger partial charge on any atom is 0.433 e. The zero-order valence-electron chi connectivity index (χ0n) is 10.1. The van der Waals surface area contributed by atoms with E-state index in [1.165, 1.54) is 0 Å². The van der Waals surface area contributed by atoms with Gasteiger partial charge in [-0.25, -0.2) is 0 Å². The lowest BCUT2D eigenvalue weighted by Crippen LogP contribution is -2.08. The minimum absolute atomic E-state index is 0.0655. The van der Waals surface area contributed by atoms with Crippen LogP contribution in [0.2, 0.25) is 0 Å². The summed E-state index contributed by atoms with van der Waals surface area (Å²) in [6.45, 7) is 0. The molecule has 0 fully saturated rings. The Bertz CT molecular complexity index is 646. The van der Waals surface area contributed by atoms with E-state index in [1.807, 2.05) is 0 Å². The number of nitrogens with two attached hydrogens (primary N) is 1. The van der Waals surface area contributed by atoms with E-state index < -0.39 is 23.6 Å². The van der Waals surface area contributed by atoms with Crippen LogP contribution in [-0.4, -0.2) is 9.97 Å². The minimum Gasteiger partial charge on any atom is -0.397 e. The molecule has 0 saturated heterocycles. The number of pyridine rings is 2. The van der Waals surface area contributed by atoms with Crippen LogP contribution in [0.15, 0.2) is 30.6 Å². The third-order valence-corrected chi connectivity index (χ3v) is 2.57. The molecule has 2 aromatic heterocycles. The molecule has 21 heavy (non-hydrogen) atoms. The highest BCUT2D eigenvalue weighted by molar-refractivity contribution is 5.72. The highest BCUT2D eigenvalue weighted by Gasteiger charge is 2.33. The van der Waals surface area contributed by atoms with E-state index in [9.17, 15) is 26.3 Å². The van der Waals surface area contributed by atoms with Gasteiger partial charge < -0.3 is 5.73 Å². The van der Waals surface area contributed by atoms with Gasteiger partial charge in [0.2, 0.25) is 0 Å². The van der Waals surface area contributed by atoms with Crippen LogP contribution in [0.5, 0.6) is 0 Å². The number of anilines is 1. The smallest absolute Gasteiger partial charge is 0.397 e. The first-order valence-corrected chi connectivity index (χ1v) is 5.45. The van der Waals surface area contributed by atoms with Crippen LogP contribution >= 0.6 is 0 Å². The number of hydrogen-bond donors (Lipinski definition) is 1. The lowest BCUT2D eigenvalue weighted by atomic mass is 10.1. The summed E-state index contributed by atoms with van der Waals surface area (Å²) in [5.41, 5.74) is 3.04. The first kappa shape index (κ1) is 15.1. The standard InChI is InChI=1S/C12H7F6N3/c13-11(14,15)7-3-8(19)10(21-5-7)6-1-2-9(20-4-6)12(16,17)18/h1-5H,19H2. The Hall–Kier alpha value is -2.32. The van der Waals surface area contributed by atoms with Crippen LogP contribution < -0.4 is 5.73 Å². The molecule has 2 rings (SSSR count). The van der Waals surface area contributed by atoms with Crippen LogP contribution in [-0.2, 0) is 12.4 Å². The summed E-state index contributed by atoms with van der Waals surface area (Å²) < 4.78 is 74.4. The Morgan fingerprint density at radius 2 is 1.52 bits per heavy atom. The highest BCUT2D eigenvalue weighted by atomic mass is 19.4. The Kier molecular flexibility index (Phi) is 3.52. The largest absolute Gasteiger partial charge is 0.433 e. The molecule has 0 spiro atoms. The molecule has 3 nitrogen and oxygen atoms in total. The zero-order valence-corrected chi connectivity index (χ0v) is 10.1. The number of rotatable bonds is 1. The van der Waals surface area contributed by atoms with Crippen LogP contribution in [0.25, 0.3) is 11.3 Å². The molecule has 2 heterocycles. The molecule has 0 aromatic carbocycles. The minimum atomic E-state index is -4.60. The molecule has 0 aliphatic heterocycles. The molecule has 9 heteroatoms. The van der Waals surface area contributed by atoms with Crippen molar-refractivity contribution in [2.75, 3.05) is 5.73 Å². The summed E-state index contributed by atoms with van der Waals surface area (Å²) >= 11 is 0. The Morgan fingerprint density at radius 3 is 1.95 bits per heavy atom. The molecule has 0 radical (unpaired) electrons. The van der Waals surface area contributed by atoms with Gasteiger partial charge in [-0.05, 0) is 18.2 Å². The predicted molar refractivity (Wildman–Crippen MR) is 61.9 cm³/mol. The van der Waals surface area contributed by atoms with Crippen LogP contribution in [0, 0.1) is 0 Å². The van der Waals surface area contributed by atoms with E-state index in [0.29, 0.717) is 18.3 Å². The molecule has 112 valence electrons. The van der Waals surface area contributed by atoms with Crippen molar-refractivity contribution < 1.29 is 26.3 Å². The molecule has 0 bridgehead atoms. The molecule has 0 atom stereocenters. The lowest BCUT2D eigenvalue weighted by molar-refractivity contribution is -0.141. The summed E-state index contributed by atoms with van der Waals surface area (Å²) in [5.74, 6) is 0. The number of halogens is 6. The van der Waals surface area contributed by atoms with Crippen molar-refractivity contribution in [1.82, 2.24) is 9.97 Å². The molecule has 2 N–H and O–H groups in total. The van der Waals surface area contributed by atoms with Crippen molar-refractivity contribution in [3.05, 3.63) is 41.9 Å². The Labute approximate surface area is 114 Å². The van der Waals surface area contributed by atoms with Gasteiger partial charge in [-0.1, -0.05) is 0 Å². The van der Waals surface area contributed by atoms with E-state index in [0.717, 1.165) is 12.3 Å². The van der Waals surface area contributed by atoms with Crippen LogP contribution in [0.3, 0.4) is 0 Å². The zero-order chi connectivity index (χ0) is 15.8. The fourth-order valence-electron chi connectivity index (χ4n) is 1.58. The maximum absolute atomic E-state index is 12.5. The van der Waals surface area contributed by atoms with Gasteiger partial charge in [-0.3, -0.25) is 9.97 Å². The molecular formula is C12H7F6N3. The van der Waals surface area contributed by atoms with Crippen LogP contribution in [0.1, 0.15) is 11.3 Å². The van der Waals surface area contributed by atoms with E-state index in [2.05, 4.69) is 9.97 Å². The summed E-state index contributed by atoms with van der Waals surface area (Å²) in [6.07, 6.45) is -7.78. The predicted octanol–water partition coefficient (Wildman–Crippen LogP) is 3.76. The van der Waals surface area contributed by atoms with Gasteiger partial charge >= 0.3 is 12.4 Å². The van der Waals surface area contributed by atoms with Gasteiger partial charge in [0.15, 0.2) is 0 Å². The van der Waals surface area contributed by atoms with E-state index in [4.69, 9.17) is 5.73 Å². The van der Waals surface area contributed by atoms with Crippen molar-refractivity contribution >= 4 is 5.69 Å². The van der Waals surface area contributed by atoms with Crippen molar-refractivity contribution in [3.8, 4) is 11.3 Å². The third kappa shape index (κ3) is 3.23. The maximum atomic E-state index is 12.5. The highest BCUT2D eigenvalue weighted by Crippen LogP contribution is 2.33. The quantitative estimate of drug-likeness (QED) is 0.816. The van der Waals surface area contributed by atoms with Crippen molar-refractivity contribution in [1.29, 1.82) is 0 Å². The molecule has 0 aliphatic rings. The first-order valence-electron chi connectivity index (χ1n) is 5.45. The fraction of sp³-hybridized carbons (Fsp3) is 0.167. The normalized spacial score (nSPS) is 12.5. The second kappa shape index (κ2) is 4.90. The van der Waals surface area contributed by atoms with Gasteiger partial charge in [0.05, 0.1) is 16.9 Å². The number of nitrogens with zero attached hydrogens (tertiary/aromatic N) is 2. The van der Waals surface area contributed by atoms with Crippen LogP contribution in [0.4, 0.5) is 32.0 Å². The molecule has 0 aliphatic carbocycles. The Morgan fingerprint density at radius 1 is 0.857 bits per heavy atom. The summed E-state index contributed by atoms with van der Waals surface area (Å²) in [6, 6.07) is 2.41. The molecule has 2 aromatic rings. The summed E-state index contributed by atoms with van der Waals surface area (Å²) in [5, 5.41) is 0. The molecule has 0 unspecified atom stereocenters. The third-order valence-electron chi connectivity index (χ3n) is 2.57. The topological polar surface area (TPSA) is 51.8 Å². The average Bonchev–Trinajstić information content (AvgIpc) is 2.36. The monoisotopic (exact) mass is 307 g/mol. The van der Waals surface area contributed by atoms with Crippen molar-refractivity contribution in [2.24, 2.45) is 0 Å². The second-order valence-electron chi connectivity index (χ2n) is 4.09. The van der Waals surface area contributed by atoms with Gasteiger partial charge in [-0.15, -0.1) is 0 Å². The van der Waals surface area contributed by atoms with Gasteiger partial charge in [0.1, 0.15) is 5.69 Å². The summed E-state index contributed by atoms with van der Waals surface area (Å²) in [4.78, 5) is 6.74. The molecular weight excluding hydrogens is 300 g/mol. The van der Waals surface area contributed by atoms with Crippen molar-refractivity contribution in [2.45, 2.75) is 12.4 Å². The van der Waals surface area contributed by atoms with Gasteiger partial charge in [-0.2, -0.15) is 26.3 Å². The van der Waals surface area contributed by atoms with Gasteiger partial charge in [0.25, 0.3) is 0 Å². The average molecular weight is 307 g/mol. The number of aromatic nitrogens is 2. The molecule has 0 amide bonds. The Balaban J connectivity index is 2.39. The van der Waals surface area contributed by atoms with Gasteiger partial charge in [0, 0.05) is 18.0 Å². The van der Waals surface area contributed by atoms with E-state index >= 15 is 0 Å². The molecule has 0 saturated carbocycles. The summed E-state index contributed by atoms with van der Waals surface area (Å²) in [7, 11) is 0. The van der Waals surface area contributed by atoms with Crippen molar-refractivity contribution in [3.63, 3.8) is 0 Å². The van der Waals surface area contributed by atoms with E-state index in [-0.39, 0.29) is 16.9 Å². The number of hydrogen-bond acceptors (Lipinski definition) is 3. The number of nitrogen functional groups attached to an aromatic ring is 1. The second-order valence-corrected chi connectivity index (χ2v) is 4.09.